The monoisotopic (exact) mass is 328 g/mol. The Morgan fingerprint density at radius 1 is 1.23 bits per heavy atom. The van der Waals surface area contributed by atoms with Gasteiger partial charge in [-0.1, -0.05) is 23.7 Å². The molecular weight excluding hydrogens is 320 g/mol. The van der Waals surface area contributed by atoms with E-state index < -0.39 is 0 Å². The Morgan fingerprint density at radius 2 is 2.00 bits per heavy atom. The van der Waals surface area contributed by atoms with Crippen molar-refractivity contribution in [1.82, 2.24) is 9.97 Å². The van der Waals surface area contributed by atoms with Crippen LogP contribution in [0.4, 0.5) is 0 Å². The minimum absolute atomic E-state index is 0.382. The summed E-state index contributed by atoms with van der Waals surface area (Å²) in [4.78, 5) is 21.4. The van der Waals surface area contributed by atoms with Crippen LogP contribution in [-0.2, 0) is 0 Å². The van der Waals surface area contributed by atoms with Crippen LogP contribution >= 0.6 is 22.9 Å². The molecule has 4 rings (SSSR count). The maximum atomic E-state index is 11.9. The van der Waals surface area contributed by atoms with E-state index in [9.17, 15) is 4.79 Å². The first-order valence-electron chi connectivity index (χ1n) is 6.57. The number of aryl methyl sites for hydroxylation is 1. The van der Waals surface area contributed by atoms with Crippen molar-refractivity contribution in [3.05, 3.63) is 57.9 Å². The van der Waals surface area contributed by atoms with Crippen LogP contribution in [0.1, 0.15) is 5.69 Å². The zero-order valence-electron chi connectivity index (χ0n) is 11.5. The fourth-order valence-corrected chi connectivity index (χ4v) is 3.71. The Bertz CT molecular complexity index is 1070. The molecule has 0 N–H and O–H groups in total. The molecule has 0 radical (unpaired) electrons. The Kier molecular flexibility index (Phi) is 2.99. The largest absolute Gasteiger partial charge is 0.410 e. The first kappa shape index (κ1) is 13.4. The van der Waals surface area contributed by atoms with E-state index in [4.69, 9.17) is 16.0 Å². The van der Waals surface area contributed by atoms with Crippen LogP contribution in [0.3, 0.4) is 0 Å². The second-order valence-electron chi connectivity index (χ2n) is 4.92. The predicted molar refractivity (Wildman–Crippen MR) is 88.6 cm³/mol. The SMILES string of the molecule is Cc1cc(-c2ccc(Cl)cc2)c2c(n1)sc1c(=O)ocnc12. The molecule has 22 heavy (non-hydrogen) atoms. The van der Waals surface area contributed by atoms with Gasteiger partial charge in [0.1, 0.15) is 15.0 Å². The highest BCUT2D eigenvalue weighted by Gasteiger charge is 2.16. The molecule has 0 atom stereocenters. The Morgan fingerprint density at radius 3 is 2.77 bits per heavy atom. The van der Waals surface area contributed by atoms with Crippen LogP contribution in [0.25, 0.3) is 31.6 Å². The number of aromatic nitrogens is 2. The van der Waals surface area contributed by atoms with Crippen LogP contribution in [0.15, 0.2) is 45.9 Å². The number of fused-ring (bicyclic) bond motifs is 3. The summed E-state index contributed by atoms with van der Waals surface area (Å²) in [5.74, 6) is 0. The molecule has 6 heteroatoms. The molecular formula is C16H9ClN2O2S. The topological polar surface area (TPSA) is 56.0 Å². The van der Waals surface area contributed by atoms with E-state index in [-0.39, 0.29) is 5.63 Å². The summed E-state index contributed by atoms with van der Waals surface area (Å²) in [6.45, 7) is 1.93. The number of hydrogen-bond acceptors (Lipinski definition) is 5. The fraction of sp³-hybridized carbons (Fsp3) is 0.0625. The normalized spacial score (nSPS) is 11.4. The number of nitrogens with zero attached hydrogens (tertiary/aromatic N) is 2. The molecule has 1 aromatic carbocycles. The van der Waals surface area contributed by atoms with Crippen molar-refractivity contribution in [1.29, 1.82) is 0 Å². The number of halogens is 1. The summed E-state index contributed by atoms with van der Waals surface area (Å²) < 4.78 is 5.35. The second kappa shape index (κ2) is 4.90. The predicted octanol–water partition coefficient (Wildman–Crippen LogP) is 4.43. The van der Waals surface area contributed by atoms with E-state index in [1.807, 2.05) is 37.3 Å². The molecule has 0 bridgehead atoms. The summed E-state index contributed by atoms with van der Waals surface area (Å²) in [5.41, 5.74) is 3.13. The molecule has 3 heterocycles. The van der Waals surface area contributed by atoms with E-state index in [1.165, 1.54) is 17.7 Å². The third kappa shape index (κ3) is 2.01. The van der Waals surface area contributed by atoms with Crippen molar-refractivity contribution in [3.63, 3.8) is 0 Å². The number of benzene rings is 1. The minimum Gasteiger partial charge on any atom is -0.410 e. The number of thiophene rings is 1. The molecule has 0 amide bonds. The molecule has 0 fully saturated rings. The average molecular weight is 329 g/mol. The average Bonchev–Trinajstić information content (AvgIpc) is 2.87. The molecule has 4 nitrogen and oxygen atoms in total. The zero-order valence-corrected chi connectivity index (χ0v) is 13.0. The highest BCUT2D eigenvalue weighted by molar-refractivity contribution is 7.25. The van der Waals surface area contributed by atoms with E-state index in [0.29, 0.717) is 15.2 Å². The number of rotatable bonds is 1. The lowest BCUT2D eigenvalue weighted by molar-refractivity contribution is 0.502. The van der Waals surface area contributed by atoms with Crippen LogP contribution in [0, 0.1) is 6.92 Å². The zero-order chi connectivity index (χ0) is 15.3. The number of pyridine rings is 1. The van der Waals surface area contributed by atoms with E-state index in [0.717, 1.165) is 27.0 Å². The molecule has 108 valence electrons. The summed E-state index contributed by atoms with van der Waals surface area (Å²) in [5, 5.41) is 1.56. The van der Waals surface area contributed by atoms with Gasteiger partial charge in [0.15, 0.2) is 6.39 Å². The van der Waals surface area contributed by atoms with Crippen molar-refractivity contribution < 1.29 is 4.42 Å². The summed E-state index contributed by atoms with van der Waals surface area (Å²) >= 11 is 7.28. The molecule has 4 aromatic rings. The molecule has 0 saturated heterocycles. The number of hydrogen-bond donors (Lipinski definition) is 0. The second-order valence-corrected chi connectivity index (χ2v) is 6.35. The van der Waals surface area contributed by atoms with Gasteiger partial charge in [0.05, 0.1) is 0 Å². The highest BCUT2D eigenvalue weighted by atomic mass is 35.5. The van der Waals surface area contributed by atoms with E-state index >= 15 is 0 Å². The Balaban J connectivity index is 2.17. The first-order valence-corrected chi connectivity index (χ1v) is 7.76. The van der Waals surface area contributed by atoms with Gasteiger partial charge in [-0.15, -0.1) is 11.3 Å². The summed E-state index contributed by atoms with van der Waals surface area (Å²) in [6, 6.07) is 9.58. The maximum Gasteiger partial charge on any atom is 0.356 e. The van der Waals surface area contributed by atoms with Crippen molar-refractivity contribution in [3.8, 4) is 11.1 Å². The van der Waals surface area contributed by atoms with E-state index in [2.05, 4.69) is 9.97 Å². The Labute approximate surface area is 134 Å². The van der Waals surface area contributed by atoms with Crippen molar-refractivity contribution in [2.75, 3.05) is 0 Å². The third-order valence-electron chi connectivity index (χ3n) is 3.45. The molecule has 0 unspecified atom stereocenters. The fourth-order valence-electron chi connectivity index (χ4n) is 2.50. The van der Waals surface area contributed by atoms with Crippen molar-refractivity contribution in [2.45, 2.75) is 6.92 Å². The van der Waals surface area contributed by atoms with Crippen molar-refractivity contribution in [2.24, 2.45) is 0 Å². The van der Waals surface area contributed by atoms with Gasteiger partial charge in [-0.3, -0.25) is 0 Å². The van der Waals surface area contributed by atoms with Gasteiger partial charge in [-0.05, 0) is 36.2 Å². The van der Waals surface area contributed by atoms with Gasteiger partial charge in [0.25, 0.3) is 0 Å². The molecule has 3 aromatic heterocycles. The van der Waals surface area contributed by atoms with Gasteiger partial charge in [-0.2, -0.15) is 0 Å². The van der Waals surface area contributed by atoms with Gasteiger partial charge in [0, 0.05) is 16.1 Å². The van der Waals surface area contributed by atoms with Crippen LogP contribution in [-0.4, -0.2) is 9.97 Å². The molecule has 0 aliphatic heterocycles. The van der Waals surface area contributed by atoms with Crippen LogP contribution in [0.5, 0.6) is 0 Å². The first-order chi connectivity index (χ1) is 10.6. The van der Waals surface area contributed by atoms with Gasteiger partial charge in [-0.25, -0.2) is 14.8 Å². The molecule has 0 aliphatic carbocycles. The Hall–Kier alpha value is -2.24. The van der Waals surface area contributed by atoms with Crippen LogP contribution < -0.4 is 5.63 Å². The minimum atomic E-state index is -0.382. The van der Waals surface area contributed by atoms with E-state index in [1.54, 1.807) is 0 Å². The maximum absolute atomic E-state index is 11.9. The molecule has 0 saturated carbocycles. The molecule has 0 spiro atoms. The highest BCUT2D eigenvalue weighted by Crippen LogP contribution is 2.37. The van der Waals surface area contributed by atoms with Crippen LogP contribution in [0.2, 0.25) is 5.02 Å². The lowest BCUT2D eigenvalue weighted by Gasteiger charge is -2.05. The van der Waals surface area contributed by atoms with Gasteiger partial charge >= 0.3 is 5.63 Å². The lowest BCUT2D eigenvalue weighted by atomic mass is 10.0. The van der Waals surface area contributed by atoms with Gasteiger partial charge in [0.2, 0.25) is 0 Å². The quantitative estimate of drug-likeness (QED) is 0.519. The standard InChI is InChI=1S/C16H9ClN2O2S/c1-8-6-11(9-2-4-10(17)5-3-9)12-13-14(22-15(12)19-8)16(20)21-7-18-13/h2-7H,1H3. The summed E-state index contributed by atoms with van der Waals surface area (Å²) in [6.07, 6.45) is 1.18. The third-order valence-corrected chi connectivity index (χ3v) is 4.75. The lowest BCUT2D eigenvalue weighted by Crippen LogP contribution is -1.96. The molecule has 0 aliphatic rings. The van der Waals surface area contributed by atoms with Gasteiger partial charge < -0.3 is 4.42 Å². The summed E-state index contributed by atoms with van der Waals surface area (Å²) in [7, 11) is 0. The van der Waals surface area contributed by atoms with Crippen molar-refractivity contribution >= 4 is 43.4 Å². The smallest absolute Gasteiger partial charge is 0.356 e.